The van der Waals surface area contributed by atoms with Crippen LogP contribution in [-0.4, -0.2) is 29.8 Å². The molecule has 0 spiro atoms. The number of hydrogen-bond acceptors (Lipinski definition) is 2. The molecule has 8 heteroatoms. The fourth-order valence-electron chi connectivity index (χ4n) is 3.51. The number of nitrogens with one attached hydrogen (secondary N) is 1. The maximum atomic E-state index is 12.9. The molecule has 1 aliphatic heterocycles. The van der Waals surface area contributed by atoms with Crippen molar-refractivity contribution in [1.82, 2.24) is 10.2 Å². The molecule has 1 heterocycles. The second-order valence-corrected chi connectivity index (χ2v) is 7.75. The largest absolute Gasteiger partial charge is 0.416 e. The molecule has 1 saturated heterocycles. The Morgan fingerprint density at radius 3 is 2.67 bits per heavy atom. The van der Waals surface area contributed by atoms with Crippen molar-refractivity contribution >= 4 is 23.4 Å². The van der Waals surface area contributed by atoms with Gasteiger partial charge in [-0.1, -0.05) is 41.9 Å². The number of alkyl halides is 3. The summed E-state index contributed by atoms with van der Waals surface area (Å²) in [5.41, 5.74) is 0.570. The summed E-state index contributed by atoms with van der Waals surface area (Å²) in [6, 6.07) is 12.3. The van der Waals surface area contributed by atoms with Gasteiger partial charge in [-0.2, -0.15) is 13.2 Å². The van der Waals surface area contributed by atoms with E-state index in [9.17, 15) is 22.8 Å². The van der Waals surface area contributed by atoms with Crippen LogP contribution in [-0.2, 0) is 28.7 Å². The van der Waals surface area contributed by atoms with Crippen LogP contribution in [0.5, 0.6) is 0 Å². The van der Waals surface area contributed by atoms with E-state index in [1.807, 2.05) is 18.2 Å². The van der Waals surface area contributed by atoms with Gasteiger partial charge in [0.25, 0.3) is 0 Å². The predicted octanol–water partition coefficient (Wildman–Crippen LogP) is 4.46. The van der Waals surface area contributed by atoms with Crippen molar-refractivity contribution in [2.45, 2.75) is 32.0 Å². The first-order chi connectivity index (χ1) is 14.2. The third kappa shape index (κ3) is 5.75. The zero-order valence-electron chi connectivity index (χ0n) is 16.2. The molecule has 30 heavy (non-hydrogen) atoms. The van der Waals surface area contributed by atoms with Crippen LogP contribution >= 0.6 is 11.6 Å². The van der Waals surface area contributed by atoms with Crippen molar-refractivity contribution in [2.24, 2.45) is 5.92 Å². The van der Waals surface area contributed by atoms with Gasteiger partial charge < -0.3 is 10.2 Å². The van der Waals surface area contributed by atoms with E-state index in [0.717, 1.165) is 17.7 Å². The molecule has 1 fully saturated rings. The molecular formula is C22H22ClF3N2O2. The van der Waals surface area contributed by atoms with Crippen molar-refractivity contribution in [2.75, 3.05) is 13.1 Å². The second kappa shape index (κ2) is 9.51. The van der Waals surface area contributed by atoms with Gasteiger partial charge >= 0.3 is 6.18 Å². The Kier molecular flexibility index (Phi) is 7.02. The number of piperidine rings is 1. The minimum Gasteiger partial charge on any atom is -0.355 e. The summed E-state index contributed by atoms with van der Waals surface area (Å²) in [5, 5.41) is 3.51. The molecule has 4 nitrogen and oxygen atoms in total. The first-order valence-corrected chi connectivity index (χ1v) is 10.1. The topological polar surface area (TPSA) is 49.4 Å². The number of amides is 2. The Morgan fingerprint density at radius 2 is 1.93 bits per heavy atom. The van der Waals surface area contributed by atoms with Gasteiger partial charge in [-0.15, -0.1) is 0 Å². The minimum absolute atomic E-state index is 0.0478. The summed E-state index contributed by atoms with van der Waals surface area (Å²) in [6.07, 6.45) is -3.23. The summed E-state index contributed by atoms with van der Waals surface area (Å²) in [7, 11) is 0. The molecule has 1 N–H and O–H groups in total. The zero-order valence-corrected chi connectivity index (χ0v) is 17.0. The smallest absolute Gasteiger partial charge is 0.355 e. The van der Waals surface area contributed by atoms with E-state index in [1.54, 1.807) is 12.1 Å². The summed E-state index contributed by atoms with van der Waals surface area (Å²) in [6.45, 7) is 0.653. The van der Waals surface area contributed by atoms with Crippen molar-refractivity contribution < 1.29 is 22.8 Å². The highest BCUT2D eigenvalue weighted by atomic mass is 35.5. The van der Waals surface area contributed by atoms with Gasteiger partial charge in [-0.05, 0) is 42.2 Å². The summed E-state index contributed by atoms with van der Waals surface area (Å²) < 4.78 is 38.7. The molecule has 2 aromatic carbocycles. The lowest BCUT2D eigenvalue weighted by Gasteiger charge is -2.32. The van der Waals surface area contributed by atoms with Gasteiger partial charge in [-0.3, -0.25) is 9.59 Å². The minimum atomic E-state index is -4.44. The molecule has 0 aromatic heterocycles. The van der Waals surface area contributed by atoms with E-state index in [1.165, 1.54) is 11.0 Å². The molecule has 1 unspecified atom stereocenters. The lowest BCUT2D eigenvalue weighted by atomic mass is 9.96. The first-order valence-electron chi connectivity index (χ1n) is 9.69. The number of likely N-dealkylation sites (tertiary alicyclic amines) is 1. The Morgan fingerprint density at radius 1 is 1.17 bits per heavy atom. The number of halogens is 4. The van der Waals surface area contributed by atoms with Crippen molar-refractivity contribution in [3.8, 4) is 0 Å². The van der Waals surface area contributed by atoms with Crippen LogP contribution in [0.3, 0.4) is 0 Å². The number of rotatable bonds is 6. The Balaban J connectivity index is 1.56. The van der Waals surface area contributed by atoms with Crippen LogP contribution < -0.4 is 5.32 Å². The average molecular weight is 439 g/mol. The van der Waals surface area contributed by atoms with Crippen LogP contribution in [0, 0.1) is 5.92 Å². The molecule has 2 amide bonds. The second-order valence-electron chi connectivity index (χ2n) is 7.34. The Hall–Kier alpha value is -2.54. The van der Waals surface area contributed by atoms with Crippen molar-refractivity contribution in [3.05, 3.63) is 70.2 Å². The van der Waals surface area contributed by atoms with Crippen LogP contribution in [0.2, 0.25) is 5.02 Å². The maximum Gasteiger partial charge on any atom is 0.416 e. The maximum absolute atomic E-state index is 12.9. The highest BCUT2D eigenvalue weighted by molar-refractivity contribution is 6.31. The average Bonchev–Trinajstić information content (AvgIpc) is 2.70. The first kappa shape index (κ1) is 22.2. The molecule has 0 radical (unpaired) electrons. The van der Waals surface area contributed by atoms with Gasteiger partial charge in [0.1, 0.15) is 0 Å². The third-order valence-electron chi connectivity index (χ3n) is 5.15. The summed E-state index contributed by atoms with van der Waals surface area (Å²) in [5.74, 6) is -0.712. The fourth-order valence-corrected chi connectivity index (χ4v) is 3.74. The number of benzene rings is 2. The molecule has 0 saturated carbocycles. The lowest BCUT2D eigenvalue weighted by molar-refractivity contribution is -0.139. The highest BCUT2D eigenvalue weighted by Gasteiger charge is 2.32. The summed E-state index contributed by atoms with van der Waals surface area (Å²) >= 11 is 6.11. The van der Waals surface area contributed by atoms with Crippen molar-refractivity contribution in [1.29, 1.82) is 0 Å². The number of carbonyl (C=O) groups excluding carboxylic acids is 2. The van der Waals surface area contributed by atoms with Crippen LogP contribution in [0.25, 0.3) is 0 Å². The van der Waals surface area contributed by atoms with Gasteiger partial charge in [0, 0.05) is 31.1 Å². The quantitative estimate of drug-likeness (QED) is 0.724. The van der Waals surface area contributed by atoms with E-state index in [2.05, 4.69) is 5.32 Å². The Labute approximate surface area is 178 Å². The molecule has 160 valence electrons. The number of carbonyl (C=O) groups is 2. The van der Waals surface area contributed by atoms with Crippen LogP contribution in [0.15, 0.2) is 48.5 Å². The lowest BCUT2D eigenvalue weighted by Crippen LogP contribution is -2.45. The Bertz CT molecular complexity index is 917. The van der Waals surface area contributed by atoms with Crippen molar-refractivity contribution in [3.63, 3.8) is 0 Å². The molecule has 1 aliphatic rings. The molecule has 1 atom stereocenters. The van der Waals surface area contributed by atoms with E-state index in [0.29, 0.717) is 30.0 Å². The predicted molar refractivity (Wildman–Crippen MR) is 108 cm³/mol. The monoisotopic (exact) mass is 438 g/mol. The van der Waals surface area contributed by atoms with Gasteiger partial charge in [-0.25, -0.2) is 0 Å². The normalized spacial score (nSPS) is 17.1. The van der Waals surface area contributed by atoms with Gasteiger partial charge in [0.05, 0.1) is 11.5 Å². The zero-order chi connectivity index (χ0) is 21.7. The van der Waals surface area contributed by atoms with Gasteiger partial charge in [0.2, 0.25) is 11.8 Å². The molecule has 0 bridgehead atoms. The van der Waals surface area contributed by atoms with E-state index in [4.69, 9.17) is 11.6 Å². The van der Waals surface area contributed by atoms with E-state index >= 15 is 0 Å². The van der Waals surface area contributed by atoms with E-state index < -0.39 is 11.7 Å². The third-order valence-corrected chi connectivity index (χ3v) is 5.52. The van der Waals surface area contributed by atoms with E-state index in [-0.39, 0.29) is 37.2 Å². The number of nitrogens with zero attached hydrogens (tertiary/aromatic N) is 1. The molecular weight excluding hydrogens is 417 g/mol. The molecule has 2 aromatic rings. The number of hydrogen-bond donors (Lipinski definition) is 1. The van der Waals surface area contributed by atoms with Gasteiger partial charge in [0.15, 0.2) is 0 Å². The fraction of sp³-hybridized carbons (Fsp3) is 0.364. The van der Waals surface area contributed by atoms with Crippen LogP contribution in [0.4, 0.5) is 13.2 Å². The summed E-state index contributed by atoms with van der Waals surface area (Å²) in [4.78, 5) is 26.2. The highest BCUT2D eigenvalue weighted by Crippen LogP contribution is 2.30. The molecule has 3 rings (SSSR count). The SMILES string of the molecule is O=C(NCCc1ccccc1Cl)C1CCC(=O)N(Cc2cccc(C(F)(F)F)c2)C1. The van der Waals surface area contributed by atoms with Crippen LogP contribution in [0.1, 0.15) is 29.5 Å². The standard InChI is InChI=1S/C22H22ClF3N2O2/c23-19-7-2-1-5-16(19)10-11-27-21(30)17-8-9-20(29)28(14-17)13-15-4-3-6-18(12-15)22(24,25)26/h1-7,12,17H,8-11,13-14H2,(H,27,30). The molecule has 0 aliphatic carbocycles.